The maximum absolute atomic E-state index is 11.7. The highest BCUT2D eigenvalue weighted by Crippen LogP contribution is 2.18. The number of thioether (sulfide) groups is 1. The Balaban J connectivity index is 3.61. The number of hydrogen-bond acceptors (Lipinski definition) is 4. The maximum Gasteiger partial charge on any atom is 0.320 e. The van der Waals surface area contributed by atoms with Gasteiger partial charge in [0.15, 0.2) is 0 Å². The van der Waals surface area contributed by atoms with Crippen molar-refractivity contribution in [1.29, 1.82) is 0 Å². The minimum atomic E-state index is -0.508. The SMILES string of the molecule is C=CCCCCCCCC(SC)C(=O)OC(C)N. The molecule has 0 aromatic heterocycles. The third-order valence-corrected chi connectivity index (χ3v) is 3.72. The van der Waals surface area contributed by atoms with Crippen LogP contribution in [0.3, 0.4) is 0 Å². The number of unbranched alkanes of at least 4 members (excludes halogenated alkanes) is 5. The highest BCUT2D eigenvalue weighted by atomic mass is 32.2. The molecule has 4 heteroatoms. The van der Waals surface area contributed by atoms with Crippen LogP contribution in [-0.2, 0) is 9.53 Å². The summed E-state index contributed by atoms with van der Waals surface area (Å²) in [7, 11) is 0. The molecule has 0 aromatic rings. The van der Waals surface area contributed by atoms with Gasteiger partial charge < -0.3 is 4.74 Å². The van der Waals surface area contributed by atoms with Gasteiger partial charge in [0, 0.05) is 0 Å². The Hall–Kier alpha value is -0.480. The number of hydrogen-bond donors (Lipinski definition) is 1. The smallest absolute Gasteiger partial charge is 0.320 e. The van der Waals surface area contributed by atoms with E-state index in [9.17, 15) is 4.79 Å². The topological polar surface area (TPSA) is 52.3 Å². The van der Waals surface area contributed by atoms with Crippen molar-refractivity contribution in [2.45, 2.75) is 63.3 Å². The van der Waals surface area contributed by atoms with E-state index in [1.807, 2.05) is 12.3 Å². The van der Waals surface area contributed by atoms with Gasteiger partial charge in [-0.3, -0.25) is 10.5 Å². The van der Waals surface area contributed by atoms with Crippen molar-refractivity contribution in [2.24, 2.45) is 5.73 Å². The summed E-state index contributed by atoms with van der Waals surface area (Å²) in [6.45, 7) is 5.38. The molecule has 0 aliphatic heterocycles. The molecule has 0 aliphatic carbocycles. The zero-order chi connectivity index (χ0) is 13.8. The first-order chi connectivity index (χ1) is 8.61. The van der Waals surface area contributed by atoms with Gasteiger partial charge in [-0.05, 0) is 32.4 Å². The van der Waals surface area contributed by atoms with Gasteiger partial charge in [0.1, 0.15) is 11.5 Å². The van der Waals surface area contributed by atoms with Crippen LogP contribution in [-0.4, -0.2) is 23.7 Å². The number of rotatable bonds is 11. The number of carbonyl (C=O) groups excluding carboxylic acids is 1. The summed E-state index contributed by atoms with van der Waals surface area (Å²) in [5.41, 5.74) is 5.45. The van der Waals surface area contributed by atoms with E-state index < -0.39 is 6.23 Å². The third kappa shape index (κ3) is 9.54. The van der Waals surface area contributed by atoms with Crippen LogP contribution in [0.5, 0.6) is 0 Å². The molecule has 18 heavy (non-hydrogen) atoms. The first-order valence-electron chi connectivity index (χ1n) is 6.71. The van der Waals surface area contributed by atoms with E-state index in [4.69, 9.17) is 10.5 Å². The van der Waals surface area contributed by atoms with Crippen LogP contribution < -0.4 is 5.73 Å². The zero-order valence-electron chi connectivity index (χ0n) is 11.7. The van der Waals surface area contributed by atoms with Crippen molar-refractivity contribution in [3.63, 3.8) is 0 Å². The molecule has 0 heterocycles. The van der Waals surface area contributed by atoms with Gasteiger partial charge in [-0.1, -0.05) is 31.8 Å². The normalized spacial score (nSPS) is 13.9. The number of allylic oxidation sites excluding steroid dienone is 1. The minimum absolute atomic E-state index is 0.0656. The standard InChI is InChI=1S/C14H27NO2S/c1-4-5-6-7-8-9-10-11-13(18-3)14(16)17-12(2)15/h4,12-13H,1,5-11,15H2,2-3H3. The molecule has 2 unspecified atom stereocenters. The lowest BCUT2D eigenvalue weighted by molar-refractivity contribution is -0.147. The summed E-state index contributed by atoms with van der Waals surface area (Å²) in [5.74, 6) is -0.177. The summed E-state index contributed by atoms with van der Waals surface area (Å²) in [6.07, 6.45) is 11.4. The molecule has 106 valence electrons. The average Bonchev–Trinajstić information content (AvgIpc) is 2.31. The van der Waals surface area contributed by atoms with Crippen LogP contribution in [0.2, 0.25) is 0 Å². The summed E-state index contributed by atoms with van der Waals surface area (Å²) in [5, 5.41) is -0.0656. The Kier molecular flexibility index (Phi) is 11.3. The maximum atomic E-state index is 11.7. The molecule has 0 bridgehead atoms. The first kappa shape index (κ1) is 17.5. The third-order valence-electron chi connectivity index (χ3n) is 2.72. The van der Waals surface area contributed by atoms with Crippen molar-refractivity contribution < 1.29 is 9.53 Å². The van der Waals surface area contributed by atoms with Crippen molar-refractivity contribution in [3.8, 4) is 0 Å². The van der Waals surface area contributed by atoms with Crippen LogP contribution in [0.25, 0.3) is 0 Å². The van der Waals surface area contributed by atoms with Crippen molar-refractivity contribution in [3.05, 3.63) is 12.7 Å². The number of nitrogens with two attached hydrogens (primary N) is 1. The molecule has 2 atom stereocenters. The quantitative estimate of drug-likeness (QED) is 0.271. The fourth-order valence-electron chi connectivity index (χ4n) is 1.74. The van der Waals surface area contributed by atoms with E-state index in [-0.39, 0.29) is 11.2 Å². The van der Waals surface area contributed by atoms with Crippen molar-refractivity contribution >= 4 is 17.7 Å². The Morgan fingerprint density at radius 3 is 2.50 bits per heavy atom. The molecule has 0 amide bonds. The number of esters is 1. The largest absolute Gasteiger partial charge is 0.446 e. The van der Waals surface area contributed by atoms with Gasteiger partial charge in [-0.15, -0.1) is 6.58 Å². The second kappa shape index (κ2) is 11.6. The van der Waals surface area contributed by atoms with Gasteiger partial charge in [0.25, 0.3) is 0 Å². The summed E-state index contributed by atoms with van der Waals surface area (Å²) < 4.78 is 5.02. The average molecular weight is 273 g/mol. The highest BCUT2D eigenvalue weighted by Gasteiger charge is 2.19. The minimum Gasteiger partial charge on any atom is -0.446 e. The second-order valence-electron chi connectivity index (χ2n) is 4.50. The predicted octanol–water partition coefficient (Wildman–Crippen LogP) is 3.48. The summed E-state index contributed by atoms with van der Waals surface area (Å²) in [4.78, 5) is 11.7. The predicted molar refractivity (Wildman–Crippen MR) is 79.6 cm³/mol. The molecule has 0 aliphatic rings. The zero-order valence-corrected chi connectivity index (χ0v) is 12.5. The fourth-order valence-corrected chi connectivity index (χ4v) is 2.39. The Labute approximate surface area is 116 Å². The molecule has 0 saturated carbocycles. The number of carbonyl (C=O) groups is 1. The summed E-state index contributed by atoms with van der Waals surface area (Å²) in [6, 6.07) is 0. The summed E-state index contributed by atoms with van der Waals surface area (Å²) >= 11 is 1.55. The molecule has 3 nitrogen and oxygen atoms in total. The Morgan fingerprint density at radius 2 is 1.94 bits per heavy atom. The molecule has 0 aromatic carbocycles. The monoisotopic (exact) mass is 273 g/mol. The van der Waals surface area contributed by atoms with Crippen molar-refractivity contribution in [2.75, 3.05) is 6.26 Å². The van der Waals surface area contributed by atoms with E-state index in [0.717, 1.165) is 19.3 Å². The molecular formula is C14H27NO2S. The van der Waals surface area contributed by atoms with E-state index in [0.29, 0.717) is 0 Å². The lowest BCUT2D eigenvalue weighted by Gasteiger charge is -2.15. The lowest BCUT2D eigenvalue weighted by atomic mass is 10.1. The van der Waals surface area contributed by atoms with Gasteiger partial charge in [0.2, 0.25) is 0 Å². The number of ether oxygens (including phenoxy) is 1. The van der Waals surface area contributed by atoms with Crippen LogP contribution in [0.15, 0.2) is 12.7 Å². The molecule has 0 fully saturated rings. The van der Waals surface area contributed by atoms with E-state index in [2.05, 4.69) is 6.58 Å². The molecular weight excluding hydrogens is 246 g/mol. The van der Waals surface area contributed by atoms with E-state index in [1.54, 1.807) is 18.7 Å². The van der Waals surface area contributed by atoms with Crippen LogP contribution >= 0.6 is 11.8 Å². The molecule has 0 rings (SSSR count). The molecule has 0 spiro atoms. The van der Waals surface area contributed by atoms with E-state index in [1.165, 1.54) is 25.7 Å². The van der Waals surface area contributed by atoms with Crippen LogP contribution in [0, 0.1) is 0 Å². The van der Waals surface area contributed by atoms with Crippen molar-refractivity contribution in [1.82, 2.24) is 0 Å². The fraction of sp³-hybridized carbons (Fsp3) is 0.786. The lowest BCUT2D eigenvalue weighted by Crippen LogP contribution is -2.29. The van der Waals surface area contributed by atoms with Gasteiger partial charge >= 0.3 is 5.97 Å². The van der Waals surface area contributed by atoms with Gasteiger partial charge in [-0.25, -0.2) is 0 Å². The molecule has 0 radical (unpaired) electrons. The second-order valence-corrected chi connectivity index (χ2v) is 5.54. The molecule has 2 N–H and O–H groups in total. The van der Waals surface area contributed by atoms with E-state index >= 15 is 0 Å². The molecule has 0 saturated heterocycles. The van der Waals surface area contributed by atoms with Gasteiger partial charge in [-0.2, -0.15) is 11.8 Å². The van der Waals surface area contributed by atoms with Gasteiger partial charge in [0.05, 0.1) is 0 Å². The van der Waals surface area contributed by atoms with Crippen LogP contribution in [0.1, 0.15) is 51.9 Å². The highest BCUT2D eigenvalue weighted by molar-refractivity contribution is 7.99. The Bertz CT molecular complexity index is 232. The Morgan fingerprint density at radius 1 is 1.33 bits per heavy atom. The first-order valence-corrected chi connectivity index (χ1v) is 8.00. The van der Waals surface area contributed by atoms with Crippen LogP contribution in [0.4, 0.5) is 0 Å².